The second kappa shape index (κ2) is 9.06. The van der Waals surface area contributed by atoms with E-state index in [4.69, 9.17) is 10.7 Å². The SMILES string of the molecule is CN1CCN(c2nc(NC3CCCN(c4nc5cc(N)ccc5n4C)C3)ncc2C(F)(F)F)CC1. The van der Waals surface area contributed by atoms with Gasteiger partial charge < -0.3 is 30.3 Å². The molecule has 2 aromatic heterocycles. The number of likely N-dealkylation sites (N-methyl/N-ethyl adjacent to an activating group) is 1. The number of alkyl halides is 3. The predicted octanol–water partition coefficient (Wildman–Crippen LogP) is 2.80. The van der Waals surface area contributed by atoms with E-state index in [2.05, 4.69) is 25.1 Å². The molecular weight excluding hydrogens is 459 g/mol. The highest BCUT2D eigenvalue weighted by atomic mass is 19.4. The Kier molecular flexibility index (Phi) is 6.07. The number of fused-ring (bicyclic) bond motifs is 1. The number of piperazine rings is 1. The molecule has 1 unspecified atom stereocenters. The van der Waals surface area contributed by atoms with Crippen LogP contribution in [0.15, 0.2) is 24.4 Å². The summed E-state index contributed by atoms with van der Waals surface area (Å²) in [5, 5.41) is 3.28. The van der Waals surface area contributed by atoms with Crippen molar-refractivity contribution in [2.75, 3.05) is 67.2 Å². The number of nitrogens with one attached hydrogen (secondary N) is 1. The molecule has 9 nitrogen and oxygen atoms in total. The van der Waals surface area contributed by atoms with E-state index < -0.39 is 11.7 Å². The fourth-order valence-electron chi connectivity index (χ4n) is 4.85. The summed E-state index contributed by atoms with van der Waals surface area (Å²) in [5.41, 5.74) is 7.61. The molecule has 0 saturated carbocycles. The van der Waals surface area contributed by atoms with Crippen molar-refractivity contribution in [2.24, 2.45) is 7.05 Å². The van der Waals surface area contributed by atoms with Crippen molar-refractivity contribution in [1.29, 1.82) is 0 Å². The number of nitrogen functional groups attached to an aromatic ring is 1. The summed E-state index contributed by atoms with van der Waals surface area (Å²) in [7, 11) is 3.93. The number of nitrogens with zero attached hydrogens (tertiary/aromatic N) is 7. The van der Waals surface area contributed by atoms with Crippen LogP contribution in [0.5, 0.6) is 0 Å². The summed E-state index contributed by atoms with van der Waals surface area (Å²) in [6.07, 6.45) is -1.83. The number of hydrogen-bond acceptors (Lipinski definition) is 8. The zero-order chi connectivity index (χ0) is 24.7. The molecule has 0 aliphatic carbocycles. The first-order valence-corrected chi connectivity index (χ1v) is 11.8. The molecule has 0 bridgehead atoms. The standard InChI is InChI=1S/C23H30F3N9/c1-32-8-10-34(11-9-32)20-17(23(24,25)26)13-28-21(31-20)29-16-4-3-7-35(14-16)22-30-18-12-15(27)5-6-19(18)33(22)2/h5-6,12-13,16H,3-4,7-11,14,27H2,1-2H3,(H,28,29,31). The number of benzene rings is 1. The van der Waals surface area contributed by atoms with Crippen molar-refractivity contribution in [3.05, 3.63) is 30.0 Å². The first-order chi connectivity index (χ1) is 16.7. The predicted molar refractivity (Wildman–Crippen MR) is 131 cm³/mol. The lowest BCUT2D eigenvalue weighted by molar-refractivity contribution is -0.137. The summed E-state index contributed by atoms with van der Waals surface area (Å²) < 4.78 is 43.1. The van der Waals surface area contributed by atoms with Crippen LogP contribution in [0, 0.1) is 0 Å². The van der Waals surface area contributed by atoms with Gasteiger partial charge in [-0.1, -0.05) is 0 Å². The van der Waals surface area contributed by atoms with Gasteiger partial charge in [0, 0.05) is 64.2 Å². The fraction of sp³-hybridized carbons (Fsp3) is 0.522. The number of nitrogens with two attached hydrogens (primary N) is 1. The lowest BCUT2D eigenvalue weighted by Gasteiger charge is -2.35. The third-order valence-electron chi connectivity index (χ3n) is 6.80. The summed E-state index contributed by atoms with van der Waals surface area (Å²) in [4.78, 5) is 19.1. The summed E-state index contributed by atoms with van der Waals surface area (Å²) in [6, 6.07) is 5.64. The lowest BCUT2D eigenvalue weighted by Crippen LogP contribution is -2.46. The number of aryl methyl sites for hydroxylation is 1. The third-order valence-corrected chi connectivity index (χ3v) is 6.80. The van der Waals surface area contributed by atoms with Gasteiger partial charge in [0.15, 0.2) is 0 Å². The fourth-order valence-corrected chi connectivity index (χ4v) is 4.85. The first kappa shape index (κ1) is 23.5. The summed E-state index contributed by atoms with van der Waals surface area (Å²) >= 11 is 0. The van der Waals surface area contributed by atoms with E-state index in [0.717, 1.165) is 42.6 Å². The van der Waals surface area contributed by atoms with Crippen molar-refractivity contribution in [3.63, 3.8) is 0 Å². The number of imidazole rings is 1. The molecule has 0 amide bonds. The Hall–Kier alpha value is -3.28. The highest BCUT2D eigenvalue weighted by molar-refractivity contribution is 5.82. The highest BCUT2D eigenvalue weighted by Crippen LogP contribution is 2.36. The average Bonchev–Trinajstić information content (AvgIpc) is 3.14. The molecule has 2 fully saturated rings. The Bertz CT molecular complexity index is 1200. The van der Waals surface area contributed by atoms with Crippen molar-refractivity contribution >= 4 is 34.4 Å². The molecule has 2 aliphatic rings. The van der Waals surface area contributed by atoms with Gasteiger partial charge in [0.1, 0.15) is 11.4 Å². The van der Waals surface area contributed by atoms with E-state index >= 15 is 0 Å². The minimum Gasteiger partial charge on any atom is -0.399 e. The van der Waals surface area contributed by atoms with Gasteiger partial charge in [-0.25, -0.2) is 9.97 Å². The topological polar surface area (TPSA) is 91.4 Å². The molecule has 35 heavy (non-hydrogen) atoms. The van der Waals surface area contributed by atoms with E-state index in [1.54, 1.807) is 4.90 Å². The molecule has 3 aromatic rings. The van der Waals surface area contributed by atoms with Gasteiger partial charge in [-0.2, -0.15) is 18.2 Å². The number of hydrogen-bond donors (Lipinski definition) is 2. The Morgan fingerprint density at radius 2 is 1.80 bits per heavy atom. The molecule has 0 radical (unpaired) electrons. The number of aromatic nitrogens is 4. The Labute approximate surface area is 201 Å². The molecule has 2 saturated heterocycles. The highest BCUT2D eigenvalue weighted by Gasteiger charge is 2.37. The number of anilines is 4. The number of rotatable bonds is 4. The zero-order valence-electron chi connectivity index (χ0n) is 19.9. The minimum atomic E-state index is -4.51. The molecule has 4 heterocycles. The Morgan fingerprint density at radius 1 is 1.03 bits per heavy atom. The Balaban J connectivity index is 1.36. The molecule has 3 N–H and O–H groups in total. The third kappa shape index (κ3) is 4.79. The summed E-state index contributed by atoms with van der Waals surface area (Å²) in [5.74, 6) is 1.00. The lowest BCUT2D eigenvalue weighted by atomic mass is 10.1. The van der Waals surface area contributed by atoms with Crippen LogP contribution in [0.3, 0.4) is 0 Å². The largest absolute Gasteiger partial charge is 0.421 e. The van der Waals surface area contributed by atoms with Gasteiger partial charge in [0.25, 0.3) is 0 Å². The van der Waals surface area contributed by atoms with Crippen LogP contribution < -0.4 is 20.9 Å². The maximum Gasteiger partial charge on any atom is 0.421 e. The van der Waals surface area contributed by atoms with Crippen molar-refractivity contribution < 1.29 is 13.2 Å². The maximum absolute atomic E-state index is 13.7. The molecule has 2 aliphatic heterocycles. The van der Waals surface area contributed by atoms with Gasteiger partial charge in [-0.3, -0.25) is 0 Å². The second-order valence-corrected chi connectivity index (χ2v) is 9.37. The van der Waals surface area contributed by atoms with Crippen LogP contribution in [-0.2, 0) is 13.2 Å². The second-order valence-electron chi connectivity index (χ2n) is 9.37. The molecule has 0 spiro atoms. The smallest absolute Gasteiger partial charge is 0.399 e. The quantitative estimate of drug-likeness (QED) is 0.541. The molecular formula is C23H30F3N9. The molecule has 1 atom stereocenters. The Morgan fingerprint density at radius 3 is 2.54 bits per heavy atom. The maximum atomic E-state index is 13.7. The van der Waals surface area contributed by atoms with Crippen molar-refractivity contribution in [3.8, 4) is 0 Å². The van der Waals surface area contributed by atoms with Crippen LogP contribution in [0.2, 0.25) is 0 Å². The van der Waals surface area contributed by atoms with Gasteiger partial charge in [-0.15, -0.1) is 0 Å². The average molecular weight is 490 g/mol. The van der Waals surface area contributed by atoms with Gasteiger partial charge in [0.2, 0.25) is 11.9 Å². The van der Waals surface area contributed by atoms with E-state index in [1.807, 2.05) is 36.9 Å². The van der Waals surface area contributed by atoms with E-state index in [9.17, 15) is 13.2 Å². The van der Waals surface area contributed by atoms with Crippen LogP contribution in [0.1, 0.15) is 18.4 Å². The molecule has 12 heteroatoms. The van der Waals surface area contributed by atoms with Crippen LogP contribution >= 0.6 is 0 Å². The van der Waals surface area contributed by atoms with Crippen LogP contribution in [0.25, 0.3) is 11.0 Å². The molecule has 1 aromatic carbocycles. The number of piperidine rings is 1. The normalized spacial score (nSPS) is 20.0. The van der Waals surface area contributed by atoms with Crippen molar-refractivity contribution in [1.82, 2.24) is 24.4 Å². The van der Waals surface area contributed by atoms with E-state index in [1.165, 1.54) is 0 Å². The molecule has 188 valence electrons. The van der Waals surface area contributed by atoms with Crippen LogP contribution in [-0.4, -0.2) is 76.8 Å². The minimum absolute atomic E-state index is 0.0225. The molecule has 5 rings (SSSR count). The van der Waals surface area contributed by atoms with E-state index in [-0.39, 0.29) is 17.8 Å². The monoisotopic (exact) mass is 489 g/mol. The van der Waals surface area contributed by atoms with Crippen LogP contribution in [0.4, 0.5) is 36.6 Å². The zero-order valence-corrected chi connectivity index (χ0v) is 19.9. The summed E-state index contributed by atoms with van der Waals surface area (Å²) in [6.45, 7) is 3.83. The van der Waals surface area contributed by atoms with Gasteiger partial charge in [0.05, 0.1) is 11.0 Å². The van der Waals surface area contributed by atoms with Gasteiger partial charge >= 0.3 is 6.18 Å². The van der Waals surface area contributed by atoms with Gasteiger partial charge in [-0.05, 0) is 38.1 Å². The first-order valence-electron chi connectivity index (χ1n) is 11.8. The van der Waals surface area contributed by atoms with E-state index in [0.29, 0.717) is 38.4 Å². The number of halogens is 3. The van der Waals surface area contributed by atoms with Crippen molar-refractivity contribution in [2.45, 2.75) is 25.1 Å².